The molecule has 2 unspecified atom stereocenters. The maximum atomic E-state index is 14.0. The minimum Gasteiger partial charge on any atom is -0.431 e. The second kappa shape index (κ2) is 11.0. The van der Waals surface area contributed by atoms with E-state index < -0.39 is 58.5 Å². The van der Waals surface area contributed by atoms with Crippen molar-refractivity contribution >= 4 is 22.9 Å². The van der Waals surface area contributed by atoms with Gasteiger partial charge in [0.15, 0.2) is 11.3 Å². The highest BCUT2D eigenvalue weighted by molar-refractivity contribution is 5.84. The Bertz CT molecular complexity index is 1770. The van der Waals surface area contributed by atoms with Gasteiger partial charge in [-0.3, -0.25) is 4.68 Å². The molecule has 0 radical (unpaired) electrons. The highest BCUT2D eigenvalue weighted by Gasteiger charge is 2.65. The summed E-state index contributed by atoms with van der Waals surface area (Å²) in [5.41, 5.74) is -5.02. The van der Waals surface area contributed by atoms with Crippen LogP contribution < -0.4 is 9.80 Å². The number of hydrogen-bond acceptors (Lipinski definition) is 6. The summed E-state index contributed by atoms with van der Waals surface area (Å²) in [4.78, 5) is 11.7. The lowest BCUT2D eigenvalue weighted by molar-refractivity contribution is -0.143. The second-order valence-corrected chi connectivity index (χ2v) is 12.4. The molecule has 16 heteroatoms. The van der Waals surface area contributed by atoms with E-state index in [0.717, 1.165) is 25.7 Å². The fraction of sp³-hybridized carbons (Fsp3) is 0.516. The molecule has 1 saturated carbocycles. The first kappa shape index (κ1) is 32.9. The van der Waals surface area contributed by atoms with E-state index in [1.54, 1.807) is 24.7 Å². The van der Waals surface area contributed by atoms with Crippen LogP contribution in [0.2, 0.25) is 0 Å². The van der Waals surface area contributed by atoms with E-state index in [9.17, 15) is 39.5 Å². The van der Waals surface area contributed by atoms with Gasteiger partial charge in [0, 0.05) is 31.1 Å². The summed E-state index contributed by atoms with van der Waals surface area (Å²) in [6.07, 6.45) is -10.8. The Labute approximate surface area is 263 Å². The summed E-state index contributed by atoms with van der Waals surface area (Å²) < 4.78 is 131. The zero-order chi connectivity index (χ0) is 34.3. The van der Waals surface area contributed by atoms with Crippen molar-refractivity contribution in [1.82, 2.24) is 19.7 Å². The Morgan fingerprint density at radius 1 is 0.915 bits per heavy atom. The largest absolute Gasteiger partial charge is 0.436 e. The van der Waals surface area contributed by atoms with Crippen molar-refractivity contribution in [2.75, 3.05) is 22.9 Å². The van der Waals surface area contributed by atoms with Crippen LogP contribution >= 0.6 is 0 Å². The van der Waals surface area contributed by atoms with Crippen molar-refractivity contribution < 1.29 is 43.9 Å². The van der Waals surface area contributed by atoms with E-state index in [4.69, 9.17) is 9.40 Å². The first-order valence-corrected chi connectivity index (χ1v) is 15.0. The number of hydrogen-bond donors (Lipinski definition) is 0. The number of nitrogens with zero attached hydrogens (tertiary/aromatic N) is 6. The molecule has 0 bridgehead atoms. The van der Waals surface area contributed by atoms with E-state index in [1.165, 1.54) is 11.8 Å². The molecule has 6 rings (SSSR count). The van der Waals surface area contributed by atoms with Crippen molar-refractivity contribution in [3.05, 3.63) is 64.2 Å². The van der Waals surface area contributed by atoms with Crippen LogP contribution in [0, 0.1) is 12.8 Å². The van der Waals surface area contributed by atoms with E-state index >= 15 is 0 Å². The van der Waals surface area contributed by atoms with Crippen molar-refractivity contribution in [3.63, 3.8) is 0 Å². The van der Waals surface area contributed by atoms with E-state index in [0.29, 0.717) is 65.5 Å². The molecule has 2 aliphatic rings. The van der Waals surface area contributed by atoms with E-state index in [2.05, 4.69) is 10.1 Å². The molecule has 4 aromatic rings. The summed E-state index contributed by atoms with van der Waals surface area (Å²) in [5, 5.41) is 5.01. The van der Waals surface area contributed by atoms with E-state index in [-0.39, 0.29) is 6.07 Å². The average molecular weight is 675 g/mol. The maximum absolute atomic E-state index is 14.0. The molecule has 0 spiro atoms. The number of fused-ring (bicyclic) bond motifs is 1. The summed E-state index contributed by atoms with van der Waals surface area (Å²) in [6, 6.07) is 0.954. The van der Waals surface area contributed by atoms with Gasteiger partial charge in [0.25, 0.3) is 6.01 Å². The molecule has 3 aromatic heterocycles. The first-order valence-electron chi connectivity index (χ1n) is 15.0. The molecular formula is C31H31F9N6O. The van der Waals surface area contributed by atoms with Crippen LogP contribution in [0.25, 0.3) is 11.0 Å². The normalized spacial score (nSPS) is 20.9. The quantitative estimate of drug-likeness (QED) is 0.144. The number of rotatable bonds is 7. The molecule has 0 amide bonds. The Morgan fingerprint density at radius 2 is 1.53 bits per heavy atom. The predicted molar refractivity (Wildman–Crippen MR) is 154 cm³/mol. The van der Waals surface area contributed by atoms with Crippen molar-refractivity contribution in [2.45, 2.75) is 76.6 Å². The van der Waals surface area contributed by atoms with Crippen molar-refractivity contribution in [3.8, 4) is 0 Å². The van der Waals surface area contributed by atoms with Gasteiger partial charge in [0.2, 0.25) is 0 Å². The van der Waals surface area contributed by atoms with Gasteiger partial charge in [-0.1, -0.05) is 12.8 Å². The lowest BCUT2D eigenvalue weighted by Crippen LogP contribution is -2.32. The Morgan fingerprint density at radius 3 is 2.06 bits per heavy atom. The van der Waals surface area contributed by atoms with Crippen LogP contribution in [-0.2, 0) is 31.1 Å². The first-order chi connectivity index (χ1) is 21.8. The fourth-order valence-corrected chi connectivity index (χ4v) is 6.91. The number of benzene rings is 1. The third-order valence-electron chi connectivity index (χ3n) is 9.30. The molecule has 1 aliphatic heterocycles. The number of halogens is 9. The van der Waals surface area contributed by atoms with Crippen LogP contribution in [0.15, 0.2) is 34.9 Å². The number of aromatic nitrogens is 4. The standard InChI is InChI=1S/C31H31F9N6O/c1-5-45(14-17-8-6-7-9-17)26-22(13-21-16(2)43-44(4)25(21)42-26)28(3)24(46(28)27-41-23(15-47-27)31(38,39)40)18-10-19(29(32,33)34)12-20(11-18)30(35,36)37/h10-13,15,17,24H,5-9,14H2,1-4H3. The lowest BCUT2D eigenvalue weighted by Gasteiger charge is -2.29. The maximum Gasteiger partial charge on any atom is 0.436 e. The fourth-order valence-electron chi connectivity index (χ4n) is 6.91. The molecule has 7 nitrogen and oxygen atoms in total. The minimum atomic E-state index is -5.14. The summed E-state index contributed by atoms with van der Waals surface area (Å²) >= 11 is 0. The highest BCUT2D eigenvalue weighted by atomic mass is 19.4. The monoisotopic (exact) mass is 674 g/mol. The van der Waals surface area contributed by atoms with Gasteiger partial charge in [0.05, 0.1) is 28.4 Å². The molecule has 1 aromatic carbocycles. The molecule has 2 fully saturated rings. The third-order valence-corrected chi connectivity index (χ3v) is 9.30. The molecule has 4 heterocycles. The smallest absolute Gasteiger partial charge is 0.431 e. The van der Waals surface area contributed by atoms with Crippen LogP contribution in [0.5, 0.6) is 0 Å². The minimum absolute atomic E-state index is 0.0128. The summed E-state index contributed by atoms with van der Waals surface area (Å²) in [6.45, 7) is 6.19. The van der Waals surface area contributed by atoms with Crippen LogP contribution in [-0.4, -0.2) is 32.8 Å². The van der Waals surface area contributed by atoms with Gasteiger partial charge in [-0.05, 0) is 69.4 Å². The number of anilines is 2. The Kier molecular flexibility index (Phi) is 7.74. The number of pyridine rings is 1. The molecule has 1 aliphatic carbocycles. The van der Waals surface area contributed by atoms with Gasteiger partial charge in [0.1, 0.15) is 12.1 Å². The summed E-state index contributed by atoms with van der Waals surface area (Å²) in [5.74, 6) is 0.724. The molecule has 2 atom stereocenters. The van der Waals surface area contributed by atoms with Crippen LogP contribution in [0.4, 0.5) is 51.3 Å². The lowest BCUT2D eigenvalue weighted by atomic mass is 9.90. The molecule has 47 heavy (non-hydrogen) atoms. The third kappa shape index (κ3) is 5.77. The van der Waals surface area contributed by atoms with Crippen molar-refractivity contribution in [2.24, 2.45) is 13.0 Å². The van der Waals surface area contributed by atoms with Gasteiger partial charge in [-0.25, -0.2) is 4.98 Å². The Hall–Kier alpha value is -3.98. The van der Waals surface area contributed by atoms with Gasteiger partial charge in [-0.2, -0.15) is 49.6 Å². The predicted octanol–water partition coefficient (Wildman–Crippen LogP) is 8.81. The average Bonchev–Trinajstić information content (AvgIpc) is 3.46. The molecule has 0 N–H and O–H groups in total. The number of aryl methyl sites for hydroxylation is 2. The summed E-state index contributed by atoms with van der Waals surface area (Å²) in [7, 11) is 1.69. The Balaban J connectivity index is 1.60. The molecule has 254 valence electrons. The van der Waals surface area contributed by atoms with Crippen molar-refractivity contribution in [1.29, 1.82) is 0 Å². The van der Waals surface area contributed by atoms with Crippen LogP contribution in [0.3, 0.4) is 0 Å². The SMILES string of the molecule is CCN(CC1CCCC1)c1nc2c(cc1C1(C)C(c3cc(C(F)(F)F)cc(C(F)(F)F)c3)N1c1nc(C(F)(F)F)co1)c(C)nn2C. The van der Waals surface area contributed by atoms with Gasteiger partial charge >= 0.3 is 18.5 Å². The topological polar surface area (TPSA) is 63.0 Å². The molecule has 1 saturated heterocycles. The van der Waals surface area contributed by atoms with E-state index in [1.807, 2.05) is 11.8 Å². The molecular weight excluding hydrogens is 643 g/mol. The van der Waals surface area contributed by atoms with Crippen LogP contribution in [0.1, 0.15) is 79.2 Å². The van der Waals surface area contributed by atoms with Gasteiger partial charge < -0.3 is 14.2 Å². The zero-order valence-corrected chi connectivity index (χ0v) is 25.8. The van der Waals surface area contributed by atoms with Gasteiger partial charge in [-0.15, -0.1) is 0 Å². The number of oxazole rings is 1. The zero-order valence-electron chi connectivity index (χ0n) is 25.8. The number of alkyl halides is 9. The second-order valence-electron chi connectivity index (χ2n) is 12.4. The highest BCUT2D eigenvalue weighted by Crippen LogP contribution is 2.64.